The molecule has 0 aliphatic carbocycles. The average Bonchev–Trinajstić information content (AvgIpc) is 2.51. The average molecular weight is 280 g/mol. The molecule has 1 rings (SSSR count). The van der Waals surface area contributed by atoms with Gasteiger partial charge in [0.05, 0.1) is 5.54 Å². The summed E-state index contributed by atoms with van der Waals surface area (Å²) < 4.78 is 10.6. The molecule has 0 amide bonds. The number of hydrogen-bond acceptors (Lipinski definition) is 4. The first-order chi connectivity index (χ1) is 9.50. The molecule has 0 fully saturated rings. The third-order valence-corrected chi connectivity index (χ3v) is 4.11. The molecule has 0 bridgehead atoms. The Morgan fingerprint density at radius 2 is 1.75 bits per heavy atom. The van der Waals surface area contributed by atoms with Crippen molar-refractivity contribution in [2.24, 2.45) is 5.73 Å². The van der Waals surface area contributed by atoms with E-state index in [0.717, 1.165) is 12.1 Å². The minimum atomic E-state index is -0.249. The van der Waals surface area contributed by atoms with Crippen molar-refractivity contribution in [1.29, 1.82) is 0 Å². The van der Waals surface area contributed by atoms with Gasteiger partial charge in [0.1, 0.15) is 0 Å². The second kappa shape index (κ2) is 7.62. The van der Waals surface area contributed by atoms with Crippen LogP contribution >= 0.6 is 0 Å². The molecule has 4 nitrogen and oxygen atoms in total. The van der Waals surface area contributed by atoms with E-state index in [1.165, 1.54) is 5.56 Å². The number of rotatable bonds is 8. The summed E-state index contributed by atoms with van der Waals surface area (Å²) in [7, 11) is 5.37. The number of benzene rings is 1. The normalized spacial score (nSPS) is 14.3. The summed E-state index contributed by atoms with van der Waals surface area (Å²) in [6.07, 6.45) is 1.51. The van der Waals surface area contributed by atoms with Gasteiger partial charge in [0.15, 0.2) is 6.29 Å². The third-order valence-electron chi connectivity index (χ3n) is 4.11. The van der Waals surface area contributed by atoms with Crippen LogP contribution in [-0.4, -0.2) is 39.6 Å². The van der Waals surface area contributed by atoms with Crippen molar-refractivity contribution in [3.63, 3.8) is 0 Å². The van der Waals surface area contributed by atoms with Crippen LogP contribution < -0.4 is 10.6 Å². The first-order valence-electron chi connectivity index (χ1n) is 7.09. The van der Waals surface area contributed by atoms with Crippen molar-refractivity contribution in [3.05, 3.63) is 29.8 Å². The number of aryl methyl sites for hydroxylation is 1. The Labute approximate surface area is 122 Å². The van der Waals surface area contributed by atoms with Crippen LogP contribution in [0.1, 0.15) is 25.8 Å². The van der Waals surface area contributed by atoms with Gasteiger partial charge in [0.25, 0.3) is 0 Å². The largest absolute Gasteiger partial charge is 0.368 e. The zero-order valence-corrected chi connectivity index (χ0v) is 13.3. The first kappa shape index (κ1) is 17.0. The van der Waals surface area contributed by atoms with E-state index < -0.39 is 0 Å². The molecule has 114 valence electrons. The molecule has 4 heteroatoms. The summed E-state index contributed by atoms with van der Waals surface area (Å²) in [4.78, 5) is 2.21. The molecule has 1 aromatic carbocycles. The van der Waals surface area contributed by atoms with Crippen LogP contribution in [0.4, 0.5) is 5.69 Å². The quantitative estimate of drug-likeness (QED) is 0.743. The zero-order chi connectivity index (χ0) is 15.2. The summed E-state index contributed by atoms with van der Waals surface area (Å²) in [5.74, 6) is 0. The van der Waals surface area contributed by atoms with Gasteiger partial charge in [-0.3, -0.25) is 0 Å². The predicted molar refractivity (Wildman–Crippen MR) is 84.1 cm³/mol. The Morgan fingerprint density at radius 3 is 2.15 bits per heavy atom. The molecule has 0 spiro atoms. The number of likely N-dealkylation sites (N-methyl/N-ethyl adjacent to an activating group) is 1. The number of nitrogens with zero attached hydrogens (tertiary/aromatic N) is 1. The van der Waals surface area contributed by atoms with Crippen molar-refractivity contribution in [3.8, 4) is 0 Å². The van der Waals surface area contributed by atoms with Crippen molar-refractivity contribution in [2.75, 3.05) is 32.7 Å². The van der Waals surface area contributed by atoms with Crippen LogP contribution in [0, 0.1) is 0 Å². The van der Waals surface area contributed by atoms with Gasteiger partial charge in [-0.1, -0.05) is 19.1 Å². The van der Waals surface area contributed by atoms with Crippen molar-refractivity contribution in [1.82, 2.24) is 0 Å². The van der Waals surface area contributed by atoms with Gasteiger partial charge < -0.3 is 20.1 Å². The third kappa shape index (κ3) is 3.95. The number of anilines is 1. The molecular weight excluding hydrogens is 252 g/mol. The van der Waals surface area contributed by atoms with Gasteiger partial charge in [-0.25, -0.2) is 0 Å². The molecule has 1 aromatic rings. The van der Waals surface area contributed by atoms with E-state index >= 15 is 0 Å². The molecule has 1 unspecified atom stereocenters. The molecule has 0 aliphatic heterocycles. The number of ether oxygens (including phenoxy) is 2. The lowest BCUT2D eigenvalue weighted by Gasteiger charge is -2.41. The minimum Gasteiger partial charge on any atom is -0.368 e. The maximum atomic E-state index is 6.01. The smallest absolute Gasteiger partial charge is 0.159 e. The topological polar surface area (TPSA) is 47.7 Å². The lowest BCUT2D eigenvalue weighted by Crippen LogP contribution is -2.52. The summed E-state index contributed by atoms with van der Waals surface area (Å²) in [6.45, 7) is 4.82. The van der Waals surface area contributed by atoms with Crippen molar-refractivity contribution in [2.45, 2.75) is 38.5 Å². The van der Waals surface area contributed by atoms with E-state index in [9.17, 15) is 0 Å². The lowest BCUT2D eigenvalue weighted by molar-refractivity contribution is -0.115. The van der Waals surface area contributed by atoms with Gasteiger partial charge in [0, 0.05) is 39.9 Å². The molecule has 0 saturated carbocycles. The molecule has 20 heavy (non-hydrogen) atoms. The maximum Gasteiger partial charge on any atom is 0.159 e. The number of nitrogens with two attached hydrogens (primary N) is 1. The van der Waals surface area contributed by atoms with Crippen LogP contribution in [0.5, 0.6) is 0 Å². The van der Waals surface area contributed by atoms with E-state index in [1.807, 2.05) is 0 Å². The Morgan fingerprint density at radius 1 is 1.20 bits per heavy atom. The van der Waals surface area contributed by atoms with E-state index in [0.29, 0.717) is 13.0 Å². The van der Waals surface area contributed by atoms with Crippen LogP contribution in [0.2, 0.25) is 0 Å². The predicted octanol–water partition coefficient (Wildman–Crippen LogP) is 2.41. The molecule has 0 aromatic heterocycles. The van der Waals surface area contributed by atoms with E-state index in [-0.39, 0.29) is 11.8 Å². The van der Waals surface area contributed by atoms with E-state index in [1.54, 1.807) is 14.2 Å². The van der Waals surface area contributed by atoms with Gasteiger partial charge in [0.2, 0.25) is 0 Å². The molecule has 0 saturated heterocycles. The zero-order valence-electron chi connectivity index (χ0n) is 13.3. The maximum absolute atomic E-state index is 6.01. The van der Waals surface area contributed by atoms with E-state index in [4.69, 9.17) is 15.2 Å². The van der Waals surface area contributed by atoms with Crippen LogP contribution in [0.15, 0.2) is 24.3 Å². The Kier molecular flexibility index (Phi) is 6.46. The van der Waals surface area contributed by atoms with Gasteiger partial charge >= 0.3 is 0 Å². The summed E-state index contributed by atoms with van der Waals surface area (Å²) in [5.41, 5.74) is 8.28. The van der Waals surface area contributed by atoms with Crippen molar-refractivity contribution >= 4 is 5.69 Å². The van der Waals surface area contributed by atoms with Gasteiger partial charge in [-0.05, 0) is 31.0 Å². The van der Waals surface area contributed by atoms with Crippen molar-refractivity contribution < 1.29 is 9.47 Å². The standard InChI is InChI=1S/C16H28N2O2/c1-6-13-7-9-14(10-8-13)18(3)16(2,12-17)11-15(19-4)20-5/h7-10,15H,6,11-12,17H2,1-5H3. The second-order valence-electron chi connectivity index (χ2n) is 5.39. The molecule has 0 heterocycles. The van der Waals surface area contributed by atoms with Gasteiger partial charge in [-0.2, -0.15) is 0 Å². The molecular formula is C16H28N2O2. The SMILES string of the molecule is CCc1ccc(N(C)C(C)(CN)CC(OC)OC)cc1. The lowest BCUT2D eigenvalue weighted by atomic mass is 9.94. The highest BCUT2D eigenvalue weighted by molar-refractivity contribution is 5.49. The van der Waals surface area contributed by atoms with Gasteiger partial charge in [-0.15, -0.1) is 0 Å². The summed E-state index contributed by atoms with van der Waals surface area (Å²) in [5, 5.41) is 0. The molecule has 0 aliphatic rings. The number of methoxy groups -OCH3 is 2. The Balaban J connectivity index is 2.90. The van der Waals surface area contributed by atoms with Crippen LogP contribution in [0.25, 0.3) is 0 Å². The van der Waals surface area contributed by atoms with E-state index in [2.05, 4.69) is 50.1 Å². The summed E-state index contributed by atoms with van der Waals surface area (Å²) in [6, 6.07) is 8.60. The summed E-state index contributed by atoms with van der Waals surface area (Å²) >= 11 is 0. The second-order valence-corrected chi connectivity index (χ2v) is 5.39. The van der Waals surface area contributed by atoms with Crippen LogP contribution in [0.3, 0.4) is 0 Å². The Bertz CT molecular complexity index is 390. The highest BCUT2D eigenvalue weighted by Crippen LogP contribution is 2.27. The fraction of sp³-hybridized carbons (Fsp3) is 0.625. The fourth-order valence-electron chi connectivity index (χ4n) is 2.25. The monoisotopic (exact) mass is 280 g/mol. The number of hydrogen-bond donors (Lipinski definition) is 1. The molecule has 1 atom stereocenters. The molecule has 0 radical (unpaired) electrons. The highest BCUT2D eigenvalue weighted by atomic mass is 16.7. The first-order valence-corrected chi connectivity index (χ1v) is 7.09. The Hall–Kier alpha value is -1.10. The fourth-order valence-corrected chi connectivity index (χ4v) is 2.25. The van der Waals surface area contributed by atoms with Crippen LogP contribution in [-0.2, 0) is 15.9 Å². The highest BCUT2D eigenvalue weighted by Gasteiger charge is 2.31. The minimum absolute atomic E-state index is 0.218. The molecule has 2 N–H and O–H groups in total.